The van der Waals surface area contributed by atoms with Crippen molar-refractivity contribution in [1.82, 2.24) is 0 Å². The predicted octanol–water partition coefficient (Wildman–Crippen LogP) is 1.60. The van der Waals surface area contributed by atoms with Gasteiger partial charge >= 0.3 is 10.1 Å². The van der Waals surface area contributed by atoms with E-state index in [0.717, 1.165) is 6.26 Å². The van der Waals surface area contributed by atoms with Crippen molar-refractivity contribution in [2.75, 3.05) is 6.26 Å². The lowest BCUT2D eigenvalue weighted by Gasteiger charge is -1.99. The Hall–Kier alpha value is -0.550. The highest BCUT2D eigenvalue weighted by Gasteiger charge is 2.01. The molecule has 5 heteroatoms. The Bertz CT molecular complexity index is 320. The van der Waals surface area contributed by atoms with Crippen LogP contribution in [0.15, 0.2) is 30.3 Å². The number of hydrogen-bond acceptors (Lipinski definition) is 3. The average Bonchev–Trinajstić information content (AvgIpc) is 1.85. The van der Waals surface area contributed by atoms with Gasteiger partial charge in [-0.1, -0.05) is 18.2 Å². The van der Waals surface area contributed by atoms with Crippen LogP contribution in [0.25, 0.3) is 0 Å². The van der Waals surface area contributed by atoms with Crippen molar-refractivity contribution in [1.29, 1.82) is 0 Å². The Morgan fingerprint density at radius 1 is 1.17 bits per heavy atom. The van der Waals surface area contributed by atoms with E-state index >= 15 is 0 Å². The molecule has 68 valence electrons. The lowest BCUT2D eigenvalue weighted by atomic mass is 10.3. The minimum atomic E-state index is -3.38. The molecular formula is C7H9BrO3S. The molecule has 0 spiro atoms. The lowest BCUT2D eigenvalue weighted by Crippen LogP contribution is -2.05. The van der Waals surface area contributed by atoms with Gasteiger partial charge in [-0.15, -0.1) is 17.0 Å². The number of halogens is 1. The van der Waals surface area contributed by atoms with E-state index in [1.54, 1.807) is 30.3 Å². The van der Waals surface area contributed by atoms with Crippen LogP contribution in [0.5, 0.6) is 5.75 Å². The molecule has 0 aliphatic heterocycles. The highest BCUT2D eigenvalue weighted by Crippen LogP contribution is 2.09. The summed E-state index contributed by atoms with van der Waals surface area (Å²) in [5, 5.41) is 0. The van der Waals surface area contributed by atoms with Crippen LogP contribution in [0.4, 0.5) is 0 Å². The van der Waals surface area contributed by atoms with E-state index in [1.807, 2.05) is 0 Å². The van der Waals surface area contributed by atoms with Gasteiger partial charge in [-0.3, -0.25) is 0 Å². The maximum atomic E-state index is 10.6. The van der Waals surface area contributed by atoms with Crippen LogP contribution in [-0.4, -0.2) is 14.7 Å². The molecular weight excluding hydrogens is 244 g/mol. The first-order valence-electron chi connectivity index (χ1n) is 3.02. The maximum absolute atomic E-state index is 10.6. The third-order valence-corrected chi connectivity index (χ3v) is 1.49. The topological polar surface area (TPSA) is 43.4 Å². The third kappa shape index (κ3) is 4.35. The monoisotopic (exact) mass is 252 g/mol. The van der Waals surface area contributed by atoms with Gasteiger partial charge < -0.3 is 4.18 Å². The highest BCUT2D eigenvalue weighted by molar-refractivity contribution is 8.93. The molecule has 1 aromatic rings. The lowest BCUT2D eigenvalue weighted by molar-refractivity contribution is 0.493. The number of rotatable bonds is 2. The molecule has 3 nitrogen and oxygen atoms in total. The molecule has 0 bridgehead atoms. The number of para-hydroxylation sites is 1. The second kappa shape index (κ2) is 4.47. The smallest absolute Gasteiger partial charge is 0.306 e. The predicted molar refractivity (Wildman–Crippen MR) is 52.2 cm³/mol. The van der Waals surface area contributed by atoms with Gasteiger partial charge in [0.15, 0.2) is 0 Å². The third-order valence-electron chi connectivity index (χ3n) is 0.991. The molecule has 0 aliphatic rings. The molecule has 0 fully saturated rings. The van der Waals surface area contributed by atoms with Crippen molar-refractivity contribution in [3.63, 3.8) is 0 Å². The minimum absolute atomic E-state index is 0. The summed E-state index contributed by atoms with van der Waals surface area (Å²) >= 11 is 0. The molecule has 0 atom stereocenters. The molecule has 0 N–H and O–H groups in total. The fraction of sp³-hybridized carbons (Fsp3) is 0.143. The van der Waals surface area contributed by atoms with E-state index in [9.17, 15) is 8.42 Å². The van der Waals surface area contributed by atoms with Crippen molar-refractivity contribution < 1.29 is 12.6 Å². The second-order valence-corrected chi connectivity index (χ2v) is 3.68. The zero-order valence-electron chi connectivity index (χ0n) is 6.43. The molecule has 1 rings (SSSR count). The SMILES string of the molecule is Br.CS(=O)(=O)Oc1ccccc1. The molecule has 12 heavy (non-hydrogen) atoms. The van der Waals surface area contributed by atoms with Gasteiger partial charge in [0.05, 0.1) is 6.26 Å². The molecule has 1 aromatic carbocycles. The standard InChI is InChI=1S/C7H8O3S.BrH/c1-11(8,9)10-7-5-3-2-4-6-7;/h2-6H,1H3;1H. The molecule has 0 heterocycles. The minimum Gasteiger partial charge on any atom is -0.383 e. The Balaban J connectivity index is 0.00000121. The van der Waals surface area contributed by atoms with E-state index in [-0.39, 0.29) is 17.0 Å². The van der Waals surface area contributed by atoms with Gasteiger partial charge in [0.25, 0.3) is 0 Å². The summed E-state index contributed by atoms with van der Waals surface area (Å²) in [5.41, 5.74) is 0. The summed E-state index contributed by atoms with van der Waals surface area (Å²) in [6.45, 7) is 0. The largest absolute Gasteiger partial charge is 0.383 e. The fourth-order valence-electron chi connectivity index (χ4n) is 0.651. The van der Waals surface area contributed by atoms with Gasteiger partial charge in [-0.25, -0.2) is 0 Å². The van der Waals surface area contributed by atoms with Gasteiger partial charge in [-0.2, -0.15) is 8.42 Å². The van der Waals surface area contributed by atoms with Crippen molar-refractivity contribution in [2.24, 2.45) is 0 Å². The summed E-state index contributed by atoms with van der Waals surface area (Å²) in [6, 6.07) is 8.37. The molecule has 0 unspecified atom stereocenters. The van der Waals surface area contributed by atoms with Gasteiger partial charge in [0, 0.05) is 0 Å². The zero-order valence-corrected chi connectivity index (χ0v) is 8.96. The summed E-state index contributed by atoms with van der Waals surface area (Å²) < 4.78 is 25.7. The Morgan fingerprint density at radius 3 is 2.08 bits per heavy atom. The van der Waals surface area contributed by atoms with Crippen molar-refractivity contribution in [2.45, 2.75) is 0 Å². The van der Waals surface area contributed by atoms with Crippen LogP contribution in [0.2, 0.25) is 0 Å². The van der Waals surface area contributed by atoms with E-state index in [4.69, 9.17) is 0 Å². The van der Waals surface area contributed by atoms with E-state index in [2.05, 4.69) is 4.18 Å². The molecule has 0 saturated heterocycles. The zero-order chi connectivity index (χ0) is 8.32. The molecule has 0 aliphatic carbocycles. The summed E-state index contributed by atoms with van der Waals surface area (Å²) in [7, 11) is -3.38. The number of benzene rings is 1. The van der Waals surface area contributed by atoms with Crippen LogP contribution >= 0.6 is 17.0 Å². The normalized spacial score (nSPS) is 10.1. The van der Waals surface area contributed by atoms with E-state index in [1.165, 1.54) is 0 Å². The van der Waals surface area contributed by atoms with Crippen molar-refractivity contribution in [3.05, 3.63) is 30.3 Å². The first-order chi connectivity index (χ1) is 5.08. The Labute approximate surface area is 82.3 Å². The summed E-state index contributed by atoms with van der Waals surface area (Å²) in [6.07, 6.45) is 1.01. The first kappa shape index (κ1) is 11.4. The van der Waals surface area contributed by atoms with Crippen LogP contribution in [0.1, 0.15) is 0 Å². The van der Waals surface area contributed by atoms with Crippen LogP contribution in [0, 0.1) is 0 Å². The maximum Gasteiger partial charge on any atom is 0.306 e. The van der Waals surface area contributed by atoms with Gasteiger partial charge in [0.2, 0.25) is 0 Å². The van der Waals surface area contributed by atoms with E-state index in [0.29, 0.717) is 5.75 Å². The van der Waals surface area contributed by atoms with Gasteiger partial charge in [0.1, 0.15) is 5.75 Å². The van der Waals surface area contributed by atoms with E-state index < -0.39 is 10.1 Å². The second-order valence-electron chi connectivity index (χ2n) is 2.10. The molecule has 0 radical (unpaired) electrons. The number of hydrogen-bond donors (Lipinski definition) is 0. The molecule has 0 amide bonds. The van der Waals surface area contributed by atoms with Crippen LogP contribution in [-0.2, 0) is 10.1 Å². The quantitative estimate of drug-likeness (QED) is 0.752. The summed E-state index contributed by atoms with van der Waals surface area (Å²) in [4.78, 5) is 0. The van der Waals surface area contributed by atoms with Crippen LogP contribution in [0.3, 0.4) is 0 Å². The van der Waals surface area contributed by atoms with Crippen molar-refractivity contribution in [3.8, 4) is 5.75 Å². The Kier molecular flexibility index (Phi) is 4.26. The van der Waals surface area contributed by atoms with Crippen molar-refractivity contribution >= 4 is 27.1 Å². The Morgan fingerprint density at radius 2 is 1.67 bits per heavy atom. The van der Waals surface area contributed by atoms with Gasteiger partial charge in [-0.05, 0) is 12.1 Å². The molecule has 0 aromatic heterocycles. The fourth-order valence-corrected chi connectivity index (χ4v) is 1.11. The van der Waals surface area contributed by atoms with Crippen LogP contribution < -0.4 is 4.18 Å². The average molecular weight is 253 g/mol. The highest BCUT2D eigenvalue weighted by atomic mass is 79.9. The first-order valence-corrected chi connectivity index (χ1v) is 4.84. The summed E-state index contributed by atoms with van der Waals surface area (Å²) in [5.74, 6) is 0.343. The molecule has 0 saturated carbocycles.